The van der Waals surface area contributed by atoms with Crippen LogP contribution in [0.15, 0.2) is 47.4 Å². The van der Waals surface area contributed by atoms with Crippen molar-refractivity contribution >= 4 is 21.6 Å². The number of methoxy groups -OCH3 is 1. The molecule has 1 amide bonds. The van der Waals surface area contributed by atoms with Crippen LogP contribution in [0.25, 0.3) is 0 Å². The smallest absolute Gasteiger partial charge is 0.387 e. The number of halogens is 2. The van der Waals surface area contributed by atoms with Gasteiger partial charge in [-0.25, -0.2) is 8.42 Å². The second-order valence-electron chi connectivity index (χ2n) is 6.66. The maximum atomic E-state index is 12.7. The lowest BCUT2D eigenvalue weighted by Crippen LogP contribution is -2.35. The van der Waals surface area contributed by atoms with Crippen LogP contribution in [0.3, 0.4) is 0 Å². The molecule has 0 unspecified atom stereocenters. The van der Waals surface area contributed by atoms with Gasteiger partial charge in [0.1, 0.15) is 0 Å². The van der Waals surface area contributed by atoms with Gasteiger partial charge in [0.15, 0.2) is 11.5 Å². The molecular weight excluding hydrogens is 418 g/mol. The van der Waals surface area contributed by atoms with Gasteiger partial charge in [-0.15, -0.1) is 0 Å². The SMILES string of the molecule is COc1cccc(C(=O)Nc2ccc(S(=O)(=O)N3CCCCC3)cc2)c1OC(F)F. The van der Waals surface area contributed by atoms with Gasteiger partial charge in [-0.05, 0) is 49.2 Å². The van der Waals surface area contributed by atoms with Crippen molar-refractivity contribution in [2.45, 2.75) is 30.8 Å². The lowest BCUT2D eigenvalue weighted by Gasteiger charge is -2.25. The predicted octanol–water partition coefficient (Wildman–Crippen LogP) is 3.72. The van der Waals surface area contributed by atoms with E-state index in [2.05, 4.69) is 10.1 Å². The molecule has 2 aromatic carbocycles. The number of hydrogen-bond acceptors (Lipinski definition) is 5. The fourth-order valence-electron chi connectivity index (χ4n) is 3.23. The summed E-state index contributed by atoms with van der Waals surface area (Å²) in [4.78, 5) is 12.7. The lowest BCUT2D eigenvalue weighted by atomic mass is 10.1. The van der Waals surface area contributed by atoms with Crippen molar-refractivity contribution in [1.82, 2.24) is 4.31 Å². The van der Waals surface area contributed by atoms with Crippen molar-refractivity contribution in [1.29, 1.82) is 0 Å². The van der Waals surface area contributed by atoms with Crippen LogP contribution < -0.4 is 14.8 Å². The minimum atomic E-state index is -3.59. The van der Waals surface area contributed by atoms with Gasteiger partial charge in [-0.3, -0.25) is 4.79 Å². The molecule has 0 spiro atoms. The summed E-state index contributed by atoms with van der Waals surface area (Å²) in [6, 6.07) is 9.90. The summed E-state index contributed by atoms with van der Waals surface area (Å²) in [7, 11) is -2.31. The van der Waals surface area contributed by atoms with E-state index >= 15 is 0 Å². The second-order valence-corrected chi connectivity index (χ2v) is 8.60. The van der Waals surface area contributed by atoms with Crippen LogP contribution >= 0.6 is 0 Å². The highest BCUT2D eigenvalue weighted by Gasteiger charge is 2.26. The number of alkyl halides is 2. The molecule has 2 aromatic rings. The van der Waals surface area contributed by atoms with Crippen molar-refractivity contribution in [2.24, 2.45) is 0 Å². The minimum absolute atomic E-state index is 0.00840. The van der Waals surface area contributed by atoms with Gasteiger partial charge >= 0.3 is 6.61 Å². The van der Waals surface area contributed by atoms with Gasteiger partial charge in [0.2, 0.25) is 10.0 Å². The molecule has 10 heteroatoms. The number of rotatable bonds is 7. The molecule has 1 saturated heterocycles. The number of nitrogens with one attached hydrogen (secondary N) is 1. The zero-order valence-corrected chi connectivity index (χ0v) is 17.1. The van der Waals surface area contributed by atoms with E-state index in [9.17, 15) is 22.0 Å². The van der Waals surface area contributed by atoms with E-state index in [1.165, 1.54) is 53.9 Å². The predicted molar refractivity (Wildman–Crippen MR) is 107 cm³/mol. The molecule has 1 aliphatic heterocycles. The minimum Gasteiger partial charge on any atom is -0.493 e. The van der Waals surface area contributed by atoms with Gasteiger partial charge in [-0.2, -0.15) is 13.1 Å². The number of amides is 1. The number of sulfonamides is 1. The molecule has 1 heterocycles. The Morgan fingerprint density at radius 2 is 1.73 bits per heavy atom. The molecule has 3 rings (SSSR count). The van der Waals surface area contributed by atoms with E-state index in [4.69, 9.17) is 4.74 Å². The molecule has 1 aliphatic rings. The van der Waals surface area contributed by atoms with E-state index in [0.29, 0.717) is 18.8 Å². The number of hydrogen-bond donors (Lipinski definition) is 1. The number of piperidine rings is 1. The number of nitrogens with zero attached hydrogens (tertiary/aromatic N) is 1. The monoisotopic (exact) mass is 440 g/mol. The Bertz CT molecular complexity index is 991. The Morgan fingerprint density at radius 3 is 2.33 bits per heavy atom. The highest BCUT2D eigenvalue weighted by Crippen LogP contribution is 2.33. The van der Waals surface area contributed by atoms with Crippen LogP contribution in [-0.4, -0.2) is 45.4 Å². The summed E-state index contributed by atoms with van der Waals surface area (Å²) in [6.45, 7) is -2.15. The quantitative estimate of drug-likeness (QED) is 0.709. The average Bonchev–Trinajstić information content (AvgIpc) is 2.74. The summed E-state index contributed by atoms with van der Waals surface area (Å²) in [6.07, 6.45) is 2.67. The first-order chi connectivity index (χ1) is 14.3. The Balaban J connectivity index is 1.78. The summed E-state index contributed by atoms with van der Waals surface area (Å²) in [5, 5.41) is 2.55. The maximum Gasteiger partial charge on any atom is 0.387 e. The second kappa shape index (κ2) is 9.40. The summed E-state index contributed by atoms with van der Waals surface area (Å²) < 4.78 is 61.8. The summed E-state index contributed by atoms with van der Waals surface area (Å²) in [5.41, 5.74) is 0.170. The average molecular weight is 440 g/mol. The molecule has 0 aliphatic carbocycles. The topological polar surface area (TPSA) is 84.9 Å². The first-order valence-corrected chi connectivity index (χ1v) is 10.8. The number of carbonyl (C=O) groups excluding carboxylic acids is 1. The molecular formula is C20H22F2N2O5S. The zero-order valence-electron chi connectivity index (χ0n) is 16.3. The lowest BCUT2D eigenvalue weighted by molar-refractivity contribution is -0.0515. The molecule has 1 fully saturated rings. The third-order valence-corrected chi connectivity index (χ3v) is 6.63. The Kier molecular flexibility index (Phi) is 6.88. The Labute approximate surface area is 173 Å². The van der Waals surface area contributed by atoms with Crippen molar-refractivity contribution in [3.8, 4) is 11.5 Å². The van der Waals surface area contributed by atoms with Crippen LogP contribution in [0.2, 0.25) is 0 Å². The van der Waals surface area contributed by atoms with Gasteiger partial charge in [0, 0.05) is 18.8 Å². The zero-order chi connectivity index (χ0) is 21.7. The van der Waals surface area contributed by atoms with E-state index in [1.807, 2.05) is 0 Å². The van der Waals surface area contributed by atoms with E-state index in [0.717, 1.165) is 19.3 Å². The summed E-state index contributed by atoms with van der Waals surface area (Å²) in [5.74, 6) is -1.08. The number of para-hydroxylation sites is 1. The van der Waals surface area contributed by atoms with E-state index in [-0.39, 0.29) is 22.0 Å². The first kappa shape index (κ1) is 22.0. The molecule has 1 N–H and O–H groups in total. The van der Waals surface area contributed by atoms with Crippen molar-refractivity contribution in [3.63, 3.8) is 0 Å². The van der Waals surface area contributed by atoms with Gasteiger partial charge in [0.05, 0.1) is 17.6 Å². The molecule has 0 radical (unpaired) electrons. The Morgan fingerprint density at radius 1 is 1.07 bits per heavy atom. The van der Waals surface area contributed by atoms with Crippen LogP contribution in [-0.2, 0) is 10.0 Å². The number of ether oxygens (including phenoxy) is 2. The highest BCUT2D eigenvalue weighted by molar-refractivity contribution is 7.89. The van der Waals surface area contributed by atoms with Gasteiger partial charge < -0.3 is 14.8 Å². The summed E-state index contributed by atoms with van der Waals surface area (Å²) >= 11 is 0. The van der Waals surface area contributed by atoms with Crippen LogP contribution in [0, 0.1) is 0 Å². The Hall–Kier alpha value is -2.72. The van der Waals surface area contributed by atoms with Crippen LogP contribution in [0.4, 0.5) is 14.5 Å². The third kappa shape index (κ3) is 4.88. The fourth-order valence-corrected chi connectivity index (χ4v) is 4.75. The third-order valence-electron chi connectivity index (χ3n) is 4.72. The molecule has 162 valence electrons. The molecule has 0 saturated carbocycles. The van der Waals surface area contributed by atoms with Gasteiger partial charge in [-0.1, -0.05) is 12.5 Å². The number of anilines is 1. The standard InChI is InChI=1S/C20H22F2N2O5S/c1-28-17-7-5-6-16(18(17)29-20(21)22)19(25)23-14-8-10-15(11-9-14)30(26,27)24-12-3-2-4-13-24/h5-11,20H,2-4,12-13H2,1H3,(H,23,25). The van der Waals surface area contributed by atoms with Crippen LogP contribution in [0.1, 0.15) is 29.6 Å². The first-order valence-electron chi connectivity index (χ1n) is 9.36. The van der Waals surface area contributed by atoms with Crippen molar-refractivity contribution < 1.29 is 31.5 Å². The normalized spacial score (nSPS) is 15.1. The van der Waals surface area contributed by atoms with Crippen LogP contribution in [0.5, 0.6) is 11.5 Å². The molecule has 30 heavy (non-hydrogen) atoms. The highest BCUT2D eigenvalue weighted by atomic mass is 32.2. The van der Waals surface area contributed by atoms with Crippen molar-refractivity contribution in [3.05, 3.63) is 48.0 Å². The largest absolute Gasteiger partial charge is 0.493 e. The van der Waals surface area contributed by atoms with Crippen molar-refractivity contribution in [2.75, 3.05) is 25.5 Å². The molecule has 0 aromatic heterocycles. The molecule has 7 nitrogen and oxygen atoms in total. The molecule has 0 bridgehead atoms. The van der Waals surface area contributed by atoms with E-state index in [1.54, 1.807) is 0 Å². The number of benzene rings is 2. The molecule has 0 atom stereocenters. The fraction of sp³-hybridized carbons (Fsp3) is 0.350. The van der Waals surface area contributed by atoms with Gasteiger partial charge in [0.25, 0.3) is 5.91 Å². The number of carbonyl (C=O) groups is 1. The maximum absolute atomic E-state index is 12.7. The van der Waals surface area contributed by atoms with E-state index < -0.39 is 22.5 Å².